The van der Waals surface area contributed by atoms with Gasteiger partial charge in [0.25, 0.3) is 0 Å². The summed E-state index contributed by atoms with van der Waals surface area (Å²) in [5, 5.41) is 3.55. The molecule has 0 spiro atoms. The minimum Gasteiger partial charge on any atom is -0.493 e. The summed E-state index contributed by atoms with van der Waals surface area (Å²) in [5.41, 5.74) is 2.58. The van der Waals surface area contributed by atoms with Gasteiger partial charge >= 0.3 is 0 Å². The summed E-state index contributed by atoms with van der Waals surface area (Å²) < 4.78 is 10.8. The first kappa shape index (κ1) is 12.6. The fraction of sp³-hybridized carbons (Fsp3) is 0.600. The van der Waals surface area contributed by atoms with E-state index in [4.69, 9.17) is 9.47 Å². The summed E-state index contributed by atoms with van der Waals surface area (Å²) in [4.78, 5) is 2.42. The third kappa shape index (κ3) is 2.14. The van der Waals surface area contributed by atoms with Crippen molar-refractivity contribution in [3.63, 3.8) is 0 Å². The highest BCUT2D eigenvalue weighted by Crippen LogP contribution is 2.44. The molecule has 0 saturated carbocycles. The maximum Gasteiger partial charge on any atom is 0.162 e. The Labute approximate surface area is 114 Å². The van der Waals surface area contributed by atoms with E-state index in [-0.39, 0.29) is 0 Å². The van der Waals surface area contributed by atoms with E-state index in [1.165, 1.54) is 24.2 Å². The molecule has 3 rings (SSSR count). The van der Waals surface area contributed by atoms with E-state index in [9.17, 15) is 0 Å². The number of piperidine rings is 1. The molecule has 0 aliphatic carbocycles. The van der Waals surface area contributed by atoms with Gasteiger partial charge in [0.2, 0.25) is 0 Å². The maximum atomic E-state index is 5.44. The fourth-order valence-corrected chi connectivity index (χ4v) is 3.36. The number of likely N-dealkylation sites (N-methyl/N-ethyl adjacent to an activating group) is 1. The van der Waals surface area contributed by atoms with Gasteiger partial charge in [-0.3, -0.25) is 0 Å². The van der Waals surface area contributed by atoms with Crippen LogP contribution in [0.1, 0.15) is 17.9 Å². The number of hydrogen-bond donors (Lipinski definition) is 1. The predicted molar refractivity (Wildman–Crippen MR) is 76.4 cm³/mol. The van der Waals surface area contributed by atoms with Crippen molar-refractivity contribution in [2.24, 2.45) is 5.92 Å². The molecule has 0 radical (unpaired) electrons. The van der Waals surface area contributed by atoms with Gasteiger partial charge in [-0.25, -0.2) is 0 Å². The zero-order valence-corrected chi connectivity index (χ0v) is 11.9. The van der Waals surface area contributed by atoms with E-state index >= 15 is 0 Å². The number of nitrogens with one attached hydrogen (secondary N) is 1. The van der Waals surface area contributed by atoms with Gasteiger partial charge in [0.1, 0.15) is 0 Å². The highest BCUT2D eigenvalue weighted by atomic mass is 16.5. The van der Waals surface area contributed by atoms with Gasteiger partial charge in [-0.15, -0.1) is 0 Å². The van der Waals surface area contributed by atoms with Crippen LogP contribution in [0.4, 0.5) is 5.69 Å². The molecule has 0 aromatic heterocycles. The lowest BCUT2D eigenvalue weighted by molar-refractivity contribution is 0.191. The van der Waals surface area contributed by atoms with Crippen molar-refractivity contribution >= 4 is 5.69 Å². The minimum absolute atomic E-state index is 0.606. The van der Waals surface area contributed by atoms with Crippen molar-refractivity contribution in [3.05, 3.63) is 17.7 Å². The highest BCUT2D eigenvalue weighted by molar-refractivity contribution is 5.63. The van der Waals surface area contributed by atoms with Crippen LogP contribution in [0, 0.1) is 5.92 Å². The molecule has 1 fully saturated rings. The van der Waals surface area contributed by atoms with Crippen LogP contribution in [0.15, 0.2) is 12.1 Å². The normalized spacial score (nSPS) is 26.1. The van der Waals surface area contributed by atoms with E-state index in [0.717, 1.165) is 30.5 Å². The van der Waals surface area contributed by atoms with Crippen molar-refractivity contribution in [3.8, 4) is 11.5 Å². The van der Waals surface area contributed by atoms with Crippen LogP contribution in [-0.2, 0) is 0 Å². The molecule has 2 aliphatic heterocycles. The quantitative estimate of drug-likeness (QED) is 0.885. The molecule has 1 aromatic carbocycles. The number of anilines is 1. The Balaban J connectivity index is 2.01. The van der Waals surface area contributed by atoms with Crippen LogP contribution in [0.25, 0.3) is 0 Å². The number of rotatable bonds is 2. The number of methoxy groups -OCH3 is 2. The highest BCUT2D eigenvalue weighted by Gasteiger charge is 2.34. The number of benzene rings is 1. The fourth-order valence-electron chi connectivity index (χ4n) is 3.36. The van der Waals surface area contributed by atoms with Crippen molar-refractivity contribution < 1.29 is 9.47 Å². The van der Waals surface area contributed by atoms with Gasteiger partial charge in [0, 0.05) is 30.8 Å². The van der Waals surface area contributed by atoms with Crippen molar-refractivity contribution in [2.75, 3.05) is 46.2 Å². The Bertz CT molecular complexity index is 475. The molecule has 1 N–H and O–H groups in total. The zero-order valence-electron chi connectivity index (χ0n) is 11.9. The number of ether oxygens (including phenoxy) is 2. The standard InChI is InChI=1S/C15H22N2O2/c1-17-5-4-10-8-16-13-7-15(19-3)14(18-2)6-11(13)12(10)9-17/h6-7,10,12,16H,4-5,8-9H2,1-3H3. The molecule has 104 valence electrons. The molecule has 1 aromatic rings. The van der Waals surface area contributed by atoms with E-state index < -0.39 is 0 Å². The second-order valence-corrected chi connectivity index (χ2v) is 5.59. The molecule has 2 unspecified atom stereocenters. The lowest BCUT2D eigenvalue weighted by atomic mass is 9.77. The van der Waals surface area contributed by atoms with E-state index in [2.05, 4.69) is 29.4 Å². The first-order valence-electron chi connectivity index (χ1n) is 6.91. The second kappa shape index (κ2) is 4.93. The molecular formula is C15H22N2O2. The topological polar surface area (TPSA) is 33.7 Å². The summed E-state index contributed by atoms with van der Waals surface area (Å²) in [6, 6.07) is 4.22. The summed E-state index contributed by atoms with van der Waals surface area (Å²) in [7, 11) is 5.59. The third-order valence-electron chi connectivity index (χ3n) is 4.47. The maximum absolute atomic E-state index is 5.44. The van der Waals surface area contributed by atoms with Crippen LogP contribution >= 0.6 is 0 Å². The zero-order chi connectivity index (χ0) is 13.4. The molecular weight excluding hydrogens is 240 g/mol. The van der Waals surface area contributed by atoms with Gasteiger partial charge in [0.15, 0.2) is 11.5 Å². The smallest absolute Gasteiger partial charge is 0.162 e. The van der Waals surface area contributed by atoms with Gasteiger partial charge in [0.05, 0.1) is 14.2 Å². The summed E-state index contributed by atoms with van der Waals surface area (Å²) in [5.74, 6) is 2.98. The number of nitrogens with zero attached hydrogens (tertiary/aromatic N) is 1. The lowest BCUT2D eigenvalue weighted by Crippen LogP contribution is -2.41. The van der Waals surface area contributed by atoms with E-state index in [1.807, 2.05) is 0 Å². The minimum atomic E-state index is 0.606. The van der Waals surface area contributed by atoms with Crippen molar-refractivity contribution in [2.45, 2.75) is 12.3 Å². The van der Waals surface area contributed by atoms with Gasteiger partial charge < -0.3 is 19.7 Å². The Morgan fingerprint density at radius 1 is 1.21 bits per heavy atom. The van der Waals surface area contributed by atoms with E-state index in [1.54, 1.807) is 14.2 Å². The molecule has 4 nitrogen and oxygen atoms in total. The van der Waals surface area contributed by atoms with Crippen molar-refractivity contribution in [1.29, 1.82) is 0 Å². The molecule has 2 heterocycles. The molecule has 4 heteroatoms. The molecule has 2 atom stereocenters. The van der Waals surface area contributed by atoms with Crippen molar-refractivity contribution in [1.82, 2.24) is 4.90 Å². The Hall–Kier alpha value is -1.42. The number of likely N-dealkylation sites (tertiary alicyclic amines) is 1. The van der Waals surface area contributed by atoms with Crippen LogP contribution in [0.5, 0.6) is 11.5 Å². The SMILES string of the molecule is COc1cc2c(cc1OC)C1CN(C)CCC1CN2. The van der Waals surface area contributed by atoms with Crippen LogP contribution in [0.2, 0.25) is 0 Å². The monoisotopic (exact) mass is 262 g/mol. The van der Waals surface area contributed by atoms with Crippen LogP contribution < -0.4 is 14.8 Å². The lowest BCUT2D eigenvalue weighted by Gasteiger charge is -2.41. The second-order valence-electron chi connectivity index (χ2n) is 5.59. The Morgan fingerprint density at radius 3 is 2.68 bits per heavy atom. The van der Waals surface area contributed by atoms with Gasteiger partial charge in [-0.1, -0.05) is 0 Å². The summed E-state index contributed by atoms with van der Waals surface area (Å²) in [6.07, 6.45) is 1.27. The third-order valence-corrected chi connectivity index (χ3v) is 4.47. The Kier molecular flexibility index (Phi) is 3.27. The summed E-state index contributed by atoms with van der Waals surface area (Å²) >= 11 is 0. The largest absolute Gasteiger partial charge is 0.493 e. The van der Waals surface area contributed by atoms with Gasteiger partial charge in [-0.05, 0) is 37.6 Å². The van der Waals surface area contributed by atoms with Crippen LogP contribution in [0.3, 0.4) is 0 Å². The number of fused-ring (bicyclic) bond motifs is 3. The van der Waals surface area contributed by atoms with Crippen LogP contribution in [-0.4, -0.2) is 45.8 Å². The average molecular weight is 262 g/mol. The average Bonchev–Trinajstić information content (AvgIpc) is 2.45. The molecule has 1 saturated heterocycles. The Morgan fingerprint density at radius 2 is 1.95 bits per heavy atom. The first-order valence-corrected chi connectivity index (χ1v) is 6.91. The first-order chi connectivity index (χ1) is 9.22. The molecule has 2 aliphatic rings. The number of hydrogen-bond acceptors (Lipinski definition) is 4. The van der Waals surface area contributed by atoms with E-state index in [0.29, 0.717) is 5.92 Å². The van der Waals surface area contributed by atoms with Gasteiger partial charge in [-0.2, -0.15) is 0 Å². The summed E-state index contributed by atoms with van der Waals surface area (Å²) in [6.45, 7) is 3.40. The molecule has 0 bridgehead atoms. The predicted octanol–water partition coefficient (Wildman–Crippen LogP) is 2.16. The molecule has 0 amide bonds. The molecule has 19 heavy (non-hydrogen) atoms.